The Hall–Kier alpha value is -2.08. The maximum absolute atomic E-state index is 5.74. The lowest BCUT2D eigenvalue weighted by molar-refractivity contribution is 0.415. The van der Waals surface area contributed by atoms with Gasteiger partial charge in [0.05, 0.1) is 13.4 Å². The molecule has 0 spiro atoms. The highest BCUT2D eigenvalue weighted by molar-refractivity contribution is 7.80. The van der Waals surface area contributed by atoms with Gasteiger partial charge in [0.25, 0.3) is 0 Å². The molecule has 0 fully saturated rings. The third-order valence-electron chi connectivity index (χ3n) is 3.21. The Labute approximate surface area is 130 Å². The quantitative estimate of drug-likeness (QED) is 0.579. The number of imidazole rings is 1. The summed E-state index contributed by atoms with van der Waals surface area (Å²) in [6, 6.07) is 5.66. The molecule has 0 bridgehead atoms. The fourth-order valence-corrected chi connectivity index (χ4v) is 2.25. The van der Waals surface area contributed by atoms with E-state index in [1.54, 1.807) is 13.3 Å². The minimum absolute atomic E-state index is 0.388. The molecule has 5 nitrogen and oxygen atoms in total. The monoisotopic (exact) mass is 304 g/mol. The van der Waals surface area contributed by atoms with E-state index in [0.29, 0.717) is 4.99 Å². The zero-order valence-corrected chi connectivity index (χ0v) is 12.9. The van der Waals surface area contributed by atoms with Crippen LogP contribution in [0.15, 0.2) is 36.9 Å². The summed E-state index contributed by atoms with van der Waals surface area (Å²) in [5.74, 6) is 0.788. The highest BCUT2D eigenvalue weighted by atomic mass is 32.1. The first-order valence-corrected chi connectivity index (χ1v) is 7.29. The van der Waals surface area contributed by atoms with Crippen LogP contribution in [0, 0.1) is 0 Å². The number of benzene rings is 1. The Bertz CT molecular complexity index is 583. The number of unbranched alkanes of at least 4 members (excludes halogenated alkanes) is 1. The molecule has 0 aliphatic carbocycles. The fraction of sp³-hybridized carbons (Fsp3) is 0.333. The summed E-state index contributed by atoms with van der Waals surface area (Å²) >= 11 is 5.07. The molecule has 1 aromatic carbocycles. The van der Waals surface area contributed by atoms with E-state index in [9.17, 15) is 0 Å². The van der Waals surface area contributed by atoms with Crippen LogP contribution >= 0.6 is 12.2 Å². The molecule has 3 N–H and O–H groups in total. The van der Waals surface area contributed by atoms with E-state index in [1.165, 1.54) is 0 Å². The Morgan fingerprint density at radius 2 is 2.29 bits per heavy atom. The average Bonchev–Trinajstić information content (AvgIpc) is 2.99. The van der Waals surface area contributed by atoms with Crippen LogP contribution in [-0.4, -0.2) is 28.2 Å². The average molecular weight is 304 g/mol. The van der Waals surface area contributed by atoms with Gasteiger partial charge in [-0.15, -0.1) is 0 Å². The largest absolute Gasteiger partial charge is 0.497 e. The summed E-state index contributed by atoms with van der Waals surface area (Å²) in [6.45, 7) is 1.83. The van der Waals surface area contributed by atoms with Crippen molar-refractivity contribution in [1.82, 2.24) is 9.55 Å². The van der Waals surface area contributed by atoms with Gasteiger partial charge >= 0.3 is 0 Å². The lowest BCUT2D eigenvalue weighted by atomic mass is 10.1. The third kappa shape index (κ3) is 4.46. The first-order valence-electron chi connectivity index (χ1n) is 6.88. The van der Waals surface area contributed by atoms with E-state index in [4.69, 9.17) is 22.7 Å². The van der Waals surface area contributed by atoms with Gasteiger partial charge in [-0.1, -0.05) is 12.2 Å². The molecule has 0 unspecified atom stereocenters. The van der Waals surface area contributed by atoms with Gasteiger partial charge in [-0.3, -0.25) is 0 Å². The lowest BCUT2D eigenvalue weighted by Crippen LogP contribution is -2.14. The maximum Gasteiger partial charge on any atom is 0.120 e. The molecule has 6 heteroatoms. The molecule has 2 aromatic rings. The Kier molecular flexibility index (Phi) is 5.57. The highest BCUT2D eigenvalue weighted by Gasteiger charge is 2.06. The second-order valence-electron chi connectivity index (χ2n) is 4.71. The van der Waals surface area contributed by atoms with Crippen molar-refractivity contribution in [2.24, 2.45) is 5.73 Å². The van der Waals surface area contributed by atoms with Gasteiger partial charge in [0.2, 0.25) is 0 Å². The molecular formula is C15H20N4OS. The predicted molar refractivity (Wildman–Crippen MR) is 88.8 cm³/mol. The first-order chi connectivity index (χ1) is 10.2. The molecule has 0 radical (unpaired) electrons. The third-order valence-corrected chi connectivity index (χ3v) is 3.43. The van der Waals surface area contributed by atoms with Crippen LogP contribution in [0.2, 0.25) is 0 Å². The molecule has 0 aliphatic rings. The van der Waals surface area contributed by atoms with Gasteiger partial charge in [-0.25, -0.2) is 4.98 Å². The number of rotatable bonds is 8. The zero-order chi connectivity index (χ0) is 15.1. The second kappa shape index (κ2) is 7.64. The molecule has 2 rings (SSSR count). The molecule has 0 aliphatic heterocycles. The minimum Gasteiger partial charge on any atom is -0.497 e. The van der Waals surface area contributed by atoms with Crippen molar-refractivity contribution in [3.8, 4) is 5.75 Å². The van der Waals surface area contributed by atoms with Crippen LogP contribution in [0.5, 0.6) is 5.75 Å². The number of methoxy groups -OCH3 is 1. The standard InChI is InChI=1S/C15H20N4OS/c1-20-12-4-5-13(15(16)21)14(10-12)18-6-2-3-8-19-9-7-17-11-19/h4-5,7,9-11,18H,2-3,6,8H2,1H3,(H2,16,21). The van der Waals surface area contributed by atoms with E-state index in [0.717, 1.165) is 42.9 Å². The van der Waals surface area contributed by atoms with Gasteiger partial charge in [0, 0.05) is 42.8 Å². The summed E-state index contributed by atoms with van der Waals surface area (Å²) in [6.07, 6.45) is 7.73. The van der Waals surface area contributed by atoms with Crippen LogP contribution in [0.3, 0.4) is 0 Å². The predicted octanol–water partition coefficient (Wildman–Crippen LogP) is 2.42. The van der Waals surface area contributed by atoms with E-state index < -0.39 is 0 Å². The number of aryl methyl sites for hydroxylation is 1. The molecule has 1 heterocycles. The number of aromatic nitrogens is 2. The van der Waals surface area contributed by atoms with E-state index >= 15 is 0 Å². The smallest absolute Gasteiger partial charge is 0.120 e. The lowest BCUT2D eigenvalue weighted by Gasteiger charge is -2.13. The zero-order valence-electron chi connectivity index (χ0n) is 12.1. The summed E-state index contributed by atoms with van der Waals surface area (Å²) in [7, 11) is 1.64. The van der Waals surface area contributed by atoms with Gasteiger partial charge in [0.1, 0.15) is 10.7 Å². The summed E-state index contributed by atoms with van der Waals surface area (Å²) in [4.78, 5) is 4.41. The van der Waals surface area contributed by atoms with Crippen LogP contribution in [0.25, 0.3) is 0 Å². The number of thiocarbonyl (C=S) groups is 1. The van der Waals surface area contributed by atoms with Crippen molar-refractivity contribution in [2.75, 3.05) is 19.0 Å². The van der Waals surface area contributed by atoms with Crippen LogP contribution in [-0.2, 0) is 6.54 Å². The second-order valence-corrected chi connectivity index (χ2v) is 5.15. The molecule has 1 aromatic heterocycles. The van der Waals surface area contributed by atoms with E-state index in [2.05, 4.69) is 14.9 Å². The van der Waals surface area contributed by atoms with Gasteiger partial charge < -0.3 is 20.4 Å². The van der Waals surface area contributed by atoms with Gasteiger partial charge in [-0.05, 0) is 25.0 Å². The summed E-state index contributed by atoms with van der Waals surface area (Å²) in [5.41, 5.74) is 7.51. The SMILES string of the molecule is COc1ccc(C(N)=S)c(NCCCCn2ccnc2)c1. The van der Waals surface area contributed by atoms with E-state index in [-0.39, 0.29) is 0 Å². The molecule has 0 saturated heterocycles. The van der Waals surface area contributed by atoms with Crippen molar-refractivity contribution in [1.29, 1.82) is 0 Å². The Morgan fingerprint density at radius 1 is 1.43 bits per heavy atom. The maximum atomic E-state index is 5.74. The number of anilines is 1. The van der Waals surface area contributed by atoms with Crippen molar-refractivity contribution in [3.63, 3.8) is 0 Å². The number of hydrogen-bond acceptors (Lipinski definition) is 4. The molecule has 21 heavy (non-hydrogen) atoms. The highest BCUT2D eigenvalue weighted by Crippen LogP contribution is 2.22. The summed E-state index contributed by atoms with van der Waals surface area (Å²) < 4.78 is 7.31. The van der Waals surface area contributed by atoms with Crippen LogP contribution in [0.1, 0.15) is 18.4 Å². The van der Waals surface area contributed by atoms with Crippen molar-refractivity contribution < 1.29 is 4.74 Å². The fourth-order valence-electron chi connectivity index (χ4n) is 2.07. The Balaban J connectivity index is 1.85. The normalized spacial score (nSPS) is 10.3. The Morgan fingerprint density at radius 3 is 2.95 bits per heavy atom. The molecule has 0 atom stereocenters. The number of nitrogens with zero attached hydrogens (tertiary/aromatic N) is 2. The van der Waals surface area contributed by atoms with Crippen LogP contribution < -0.4 is 15.8 Å². The summed E-state index contributed by atoms with van der Waals surface area (Å²) in [5, 5.41) is 3.38. The molecule has 0 saturated carbocycles. The number of ether oxygens (including phenoxy) is 1. The molecular weight excluding hydrogens is 284 g/mol. The minimum atomic E-state index is 0.388. The van der Waals surface area contributed by atoms with Gasteiger partial charge in [0.15, 0.2) is 0 Å². The number of nitrogens with two attached hydrogens (primary N) is 1. The molecule has 0 amide bonds. The number of nitrogens with one attached hydrogen (secondary N) is 1. The van der Waals surface area contributed by atoms with Crippen molar-refractivity contribution >= 4 is 22.9 Å². The molecule has 112 valence electrons. The van der Waals surface area contributed by atoms with Crippen molar-refractivity contribution in [3.05, 3.63) is 42.5 Å². The topological polar surface area (TPSA) is 65.1 Å². The van der Waals surface area contributed by atoms with E-state index in [1.807, 2.05) is 30.7 Å². The first kappa shape index (κ1) is 15.3. The van der Waals surface area contributed by atoms with Gasteiger partial charge in [-0.2, -0.15) is 0 Å². The van der Waals surface area contributed by atoms with Crippen molar-refractivity contribution in [2.45, 2.75) is 19.4 Å². The number of hydrogen-bond donors (Lipinski definition) is 2. The van der Waals surface area contributed by atoms with Crippen LogP contribution in [0.4, 0.5) is 5.69 Å².